The molecule has 0 amide bonds. The van der Waals surface area contributed by atoms with Crippen molar-refractivity contribution in [3.05, 3.63) is 52.6 Å². The zero-order valence-corrected chi connectivity index (χ0v) is 14.3. The Morgan fingerprint density at radius 3 is 2.46 bits per heavy atom. The Bertz CT molecular complexity index is 698. The third-order valence-corrected chi connectivity index (χ3v) is 4.59. The van der Waals surface area contributed by atoms with E-state index in [1.807, 2.05) is 24.3 Å². The van der Waals surface area contributed by atoms with Crippen LogP contribution in [0.5, 0.6) is 11.5 Å². The number of benzene rings is 2. The van der Waals surface area contributed by atoms with Gasteiger partial charge in [-0.05, 0) is 66.8 Å². The summed E-state index contributed by atoms with van der Waals surface area (Å²) in [5.41, 5.74) is 11.5. The maximum atomic E-state index is 10.1. The van der Waals surface area contributed by atoms with Gasteiger partial charge in [-0.15, -0.1) is 0 Å². The number of rotatable bonds is 4. The number of hydrogen-bond acceptors (Lipinski definition) is 4. The third kappa shape index (κ3) is 3.82. The van der Waals surface area contributed by atoms with Gasteiger partial charge in [-0.3, -0.25) is 0 Å². The van der Waals surface area contributed by atoms with E-state index in [9.17, 15) is 5.11 Å². The minimum Gasteiger partial charge on any atom is -0.504 e. The van der Waals surface area contributed by atoms with Crippen molar-refractivity contribution in [2.75, 3.05) is 18.9 Å². The first kappa shape index (κ1) is 16.7. The van der Waals surface area contributed by atoms with Crippen LogP contribution in [0.15, 0.2) is 30.3 Å². The van der Waals surface area contributed by atoms with E-state index in [1.54, 1.807) is 6.07 Å². The second-order valence-electron chi connectivity index (χ2n) is 6.54. The maximum Gasteiger partial charge on any atom is 0.161 e. The van der Waals surface area contributed by atoms with Crippen molar-refractivity contribution < 1.29 is 14.6 Å². The molecule has 4 heteroatoms. The molecule has 0 radical (unpaired) electrons. The number of phenolic OH excluding ortho intramolecular Hbond substituents is 1. The van der Waals surface area contributed by atoms with Crippen LogP contribution in [0.1, 0.15) is 35.1 Å². The summed E-state index contributed by atoms with van der Waals surface area (Å²) in [5, 5.41) is 10.1. The monoisotopic (exact) mass is 327 g/mol. The topological polar surface area (TPSA) is 64.7 Å². The third-order valence-electron chi connectivity index (χ3n) is 4.59. The Morgan fingerprint density at radius 1 is 1.12 bits per heavy atom. The first-order valence-electron chi connectivity index (χ1n) is 8.45. The second kappa shape index (κ2) is 7.14. The Balaban J connectivity index is 1.80. The molecule has 128 valence electrons. The van der Waals surface area contributed by atoms with Gasteiger partial charge in [0, 0.05) is 18.5 Å². The van der Waals surface area contributed by atoms with Crippen molar-refractivity contribution >= 4 is 5.69 Å². The van der Waals surface area contributed by atoms with E-state index in [4.69, 9.17) is 15.2 Å². The molecule has 0 unspecified atom stereocenters. The highest BCUT2D eigenvalue weighted by Crippen LogP contribution is 2.31. The molecule has 1 saturated heterocycles. The summed E-state index contributed by atoms with van der Waals surface area (Å²) in [6.45, 7) is 5.60. The van der Waals surface area contributed by atoms with E-state index in [2.05, 4.69) is 13.8 Å². The summed E-state index contributed by atoms with van der Waals surface area (Å²) in [5.74, 6) is 0.751. The lowest BCUT2D eigenvalue weighted by atomic mass is 9.95. The predicted molar refractivity (Wildman–Crippen MR) is 95.7 cm³/mol. The molecule has 3 rings (SSSR count). The minimum absolute atomic E-state index is 0.111. The van der Waals surface area contributed by atoms with Crippen LogP contribution in [0, 0.1) is 13.8 Å². The molecule has 3 N–H and O–H groups in total. The van der Waals surface area contributed by atoms with Gasteiger partial charge in [-0.2, -0.15) is 0 Å². The molecule has 0 atom stereocenters. The van der Waals surface area contributed by atoms with Crippen LogP contribution >= 0.6 is 0 Å². The van der Waals surface area contributed by atoms with Crippen LogP contribution in [-0.2, 0) is 11.2 Å². The lowest BCUT2D eigenvalue weighted by Crippen LogP contribution is -2.25. The maximum absolute atomic E-state index is 10.1. The van der Waals surface area contributed by atoms with E-state index < -0.39 is 0 Å². The number of phenols is 1. The number of aryl methyl sites for hydroxylation is 2. The molecular weight excluding hydrogens is 302 g/mol. The van der Waals surface area contributed by atoms with Gasteiger partial charge in [0.25, 0.3) is 0 Å². The first-order valence-corrected chi connectivity index (χ1v) is 8.45. The average molecular weight is 327 g/mol. The summed E-state index contributed by atoms with van der Waals surface area (Å²) in [6, 6.07) is 9.61. The summed E-state index contributed by atoms with van der Waals surface area (Å²) < 4.78 is 11.3. The Morgan fingerprint density at radius 2 is 1.79 bits per heavy atom. The van der Waals surface area contributed by atoms with Crippen molar-refractivity contribution in [3.63, 3.8) is 0 Å². The molecule has 0 aliphatic carbocycles. The molecule has 0 aromatic heterocycles. The summed E-state index contributed by atoms with van der Waals surface area (Å²) in [6.07, 6.45) is 2.63. The summed E-state index contributed by atoms with van der Waals surface area (Å²) in [4.78, 5) is 0. The summed E-state index contributed by atoms with van der Waals surface area (Å²) in [7, 11) is 0. The van der Waals surface area contributed by atoms with Gasteiger partial charge in [0.15, 0.2) is 11.5 Å². The van der Waals surface area contributed by atoms with E-state index in [1.165, 1.54) is 16.7 Å². The standard InChI is InChI=1S/C20H25NO3/c1-13-9-16(21)10-14(2)18(13)11-15-3-4-19(22)20(12-15)24-17-5-7-23-8-6-17/h3-4,9-10,12,17,22H,5-8,11,21H2,1-2H3. The van der Waals surface area contributed by atoms with E-state index in [0.717, 1.165) is 43.7 Å². The fourth-order valence-electron chi connectivity index (χ4n) is 3.25. The molecule has 0 saturated carbocycles. The van der Waals surface area contributed by atoms with Crippen LogP contribution in [-0.4, -0.2) is 24.4 Å². The highest BCUT2D eigenvalue weighted by atomic mass is 16.5. The number of anilines is 1. The van der Waals surface area contributed by atoms with Crippen LogP contribution in [0.4, 0.5) is 5.69 Å². The number of aromatic hydroxyl groups is 1. The first-order chi connectivity index (χ1) is 11.5. The van der Waals surface area contributed by atoms with Crippen LogP contribution in [0.2, 0.25) is 0 Å². The van der Waals surface area contributed by atoms with Gasteiger partial charge >= 0.3 is 0 Å². The zero-order valence-electron chi connectivity index (χ0n) is 14.3. The Hall–Kier alpha value is -2.20. The second-order valence-corrected chi connectivity index (χ2v) is 6.54. The molecule has 0 spiro atoms. The molecule has 2 aromatic rings. The van der Waals surface area contributed by atoms with Crippen molar-refractivity contribution in [3.8, 4) is 11.5 Å². The molecule has 1 heterocycles. The van der Waals surface area contributed by atoms with E-state index in [0.29, 0.717) is 5.75 Å². The largest absolute Gasteiger partial charge is 0.504 e. The van der Waals surface area contributed by atoms with Crippen molar-refractivity contribution in [1.29, 1.82) is 0 Å². The zero-order chi connectivity index (χ0) is 17.1. The number of hydrogen-bond donors (Lipinski definition) is 2. The molecule has 1 aliphatic rings. The lowest BCUT2D eigenvalue weighted by molar-refractivity contribution is 0.0245. The minimum atomic E-state index is 0.111. The number of nitrogens with two attached hydrogens (primary N) is 1. The molecule has 1 aliphatic heterocycles. The normalized spacial score (nSPS) is 15.4. The van der Waals surface area contributed by atoms with Crippen LogP contribution in [0.3, 0.4) is 0 Å². The van der Waals surface area contributed by atoms with Gasteiger partial charge in [0.05, 0.1) is 13.2 Å². The highest BCUT2D eigenvalue weighted by Gasteiger charge is 2.17. The van der Waals surface area contributed by atoms with Gasteiger partial charge in [-0.25, -0.2) is 0 Å². The highest BCUT2D eigenvalue weighted by molar-refractivity contribution is 5.51. The molecule has 0 bridgehead atoms. The van der Waals surface area contributed by atoms with Gasteiger partial charge < -0.3 is 20.3 Å². The molecular formula is C20H25NO3. The Labute approximate surface area is 143 Å². The van der Waals surface area contributed by atoms with Crippen LogP contribution in [0.25, 0.3) is 0 Å². The average Bonchev–Trinajstić information content (AvgIpc) is 2.55. The van der Waals surface area contributed by atoms with E-state index in [-0.39, 0.29) is 11.9 Å². The molecule has 1 fully saturated rings. The van der Waals surface area contributed by atoms with Gasteiger partial charge in [0.1, 0.15) is 6.10 Å². The lowest BCUT2D eigenvalue weighted by Gasteiger charge is -2.24. The number of nitrogen functional groups attached to an aromatic ring is 1. The molecule has 4 nitrogen and oxygen atoms in total. The SMILES string of the molecule is Cc1cc(N)cc(C)c1Cc1ccc(O)c(OC2CCOCC2)c1. The van der Waals surface area contributed by atoms with Gasteiger partial charge in [-0.1, -0.05) is 6.07 Å². The predicted octanol–water partition coefficient (Wildman–Crippen LogP) is 3.74. The fraction of sp³-hybridized carbons (Fsp3) is 0.400. The van der Waals surface area contributed by atoms with Crippen molar-refractivity contribution in [1.82, 2.24) is 0 Å². The summed E-state index contributed by atoms with van der Waals surface area (Å²) >= 11 is 0. The number of ether oxygens (including phenoxy) is 2. The van der Waals surface area contributed by atoms with Crippen LogP contribution < -0.4 is 10.5 Å². The Kier molecular flexibility index (Phi) is 4.95. The van der Waals surface area contributed by atoms with Gasteiger partial charge in [0.2, 0.25) is 0 Å². The smallest absolute Gasteiger partial charge is 0.161 e. The molecule has 24 heavy (non-hydrogen) atoms. The fourth-order valence-corrected chi connectivity index (χ4v) is 3.25. The van der Waals surface area contributed by atoms with E-state index >= 15 is 0 Å². The molecule has 2 aromatic carbocycles. The van der Waals surface area contributed by atoms with Crippen molar-refractivity contribution in [2.45, 2.75) is 39.2 Å². The van der Waals surface area contributed by atoms with Crippen molar-refractivity contribution in [2.24, 2.45) is 0 Å². The quantitative estimate of drug-likeness (QED) is 0.840.